The lowest BCUT2D eigenvalue weighted by Crippen LogP contribution is -2.26. The monoisotopic (exact) mass is 364 g/mol. The van der Waals surface area contributed by atoms with Gasteiger partial charge in [0.05, 0.1) is 17.1 Å². The molecule has 1 amide bonds. The molecule has 1 atom stereocenters. The number of rotatable bonds is 6. The van der Waals surface area contributed by atoms with Crippen LogP contribution in [0, 0.1) is 5.92 Å². The van der Waals surface area contributed by atoms with Gasteiger partial charge in [0.15, 0.2) is 9.84 Å². The van der Waals surface area contributed by atoms with E-state index in [1.807, 2.05) is 0 Å². The fourth-order valence-corrected chi connectivity index (χ4v) is 2.27. The quantitative estimate of drug-likeness (QED) is 0.733. The molecule has 130 valence electrons. The Morgan fingerprint density at radius 3 is 2.39 bits per heavy atom. The number of anilines is 1. The van der Waals surface area contributed by atoms with Gasteiger partial charge in [-0.2, -0.15) is 0 Å². The summed E-state index contributed by atoms with van der Waals surface area (Å²) < 4.78 is 28.3. The summed E-state index contributed by atoms with van der Waals surface area (Å²) in [6.07, 6.45) is 1.02. The third-order valence-electron chi connectivity index (χ3n) is 2.91. The largest absolute Gasteiger partial charge is 0.462 e. The lowest BCUT2D eigenvalue weighted by atomic mass is 10.1. The molecule has 9 heteroatoms. The molecular formula is C14H21ClN2O5S. The molecule has 0 aliphatic carbocycles. The van der Waals surface area contributed by atoms with Crippen LogP contribution in [0.15, 0.2) is 23.1 Å². The van der Waals surface area contributed by atoms with Gasteiger partial charge < -0.3 is 15.8 Å². The van der Waals surface area contributed by atoms with Crippen LogP contribution in [0.25, 0.3) is 0 Å². The summed E-state index contributed by atoms with van der Waals surface area (Å²) in [5.41, 5.74) is 5.67. The molecule has 1 aromatic carbocycles. The summed E-state index contributed by atoms with van der Waals surface area (Å²) in [5.74, 6) is -1.45. The molecule has 3 N–H and O–H groups in total. The second-order valence-electron chi connectivity index (χ2n) is 4.86. The van der Waals surface area contributed by atoms with Crippen LogP contribution < -0.4 is 11.1 Å². The van der Waals surface area contributed by atoms with Gasteiger partial charge in [-0.05, 0) is 25.1 Å². The molecule has 0 aromatic heterocycles. The lowest BCUT2D eigenvalue weighted by molar-refractivity contribution is -0.119. The average molecular weight is 365 g/mol. The number of halogens is 1. The van der Waals surface area contributed by atoms with Crippen LogP contribution in [0.5, 0.6) is 0 Å². The van der Waals surface area contributed by atoms with Crippen LogP contribution in [0.1, 0.15) is 24.2 Å². The minimum absolute atomic E-state index is 0. The van der Waals surface area contributed by atoms with Crippen molar-refractivity contribution >= 4 is 39.8 Å². The summed E-state index contributed by atoms with van der Waals surface area (Å²) in [5, 5.41) is 2.55. The number of nitrogens with two attached hydrogens (primary N) is 1. The van der Waals surface area contributed by atoms with Crippen molar-refractivity contribution < 1.29 is 22.7 Å². The smallest absolute Gasteiger partial charge is 0.338 e. The third-order valence-corrected chi connectivity index (χ3v) is 4.01. The van der Waals surface area contributed by atoms with Crippen molar-refractivity contribution in [3.63, 3.8) is 0 Å². The van der Waals surface area contributed by atoms with E-state index < -0.39 is 21.7 Å². The van der Waals surface area contributed by atoms with Gasteiger partial charge in [0, 0.05) is 24.4 Å². The summed E-state index contributed by atoms with van der Waals surface area (Å²) in [7, 11) is -3.54. The molecule has 0 spiro atoms. The fourth-order valence-electron chi connectivity index (χ4n) is 1.59. The van der Waals surface area contributed by atoms with Crippen LogP contribution >= 0.6 is 12.4 Å². The minimum atomic E-state index is -3.54. The van der Waals surface area contributed by atoms with E-state index in [1.54, 1.807) is 13.8 Å². The number of ether oxygens (including phenoxy) is 1. The highest BCUT2D eigenvalue weighted by Gasteiger charge is 2.17. The molecule has 0 radical (unpaired) electrons. The molecule has 0 saturated carbocycles. The maximum absolute atomic E-state index is 11.9. The molecule has 0 aliphatic rings. The maximum Gasteiger partial charge on any atom is 0.338 e. The maximum atomic E-state index is 11.9. The summed E-state index contributed by atoms with van der Waals surface area (Å²) in [6.45, 7) is 3.60. The average Bonchev–Trinajstić information content (AvgIpc) is 2.45. The van der Waals surface area contributed by atoms with Gasteiger partial charge in [-0.1, -0.05) is 6.92 Å². The molecule has 1 aromatic rings. The number of carbonyl (C=O) groups is 2. The first-order chi connectivity index (χ1) is 10.2. The number of hydrogen-bond acceptors (Lipinski definition) is 6. The van der Waals surface area contributed by atoms with E-state index in [0.29, 0.717) is 0 Å². The number of nitrogens with one attached hydrogen (secondary N) is 1. The van der Waals surface area contributed by atoms with Gasteiger partial charge in [0.2, 0.25) is 5.91 Å². The molecule has 1 rings (SSSR count). The Morgan fingerprint density at radius 2 is 1.91 bits per heavy atom. The molecule has 0 heterocycles. The van der Waals surface area contributed by atoms with Gasteiger partial charge in [0.1, 0.15) is 0 Å². The Bertz CT molecular complexity index is 676. The predicted octanol–water partition coefficient (Wildman–Crippen LogP) is 1.22. The van der Waals surface area contributed by atoms with Crippen LogP contribution in [0.4, 0.5) is 5.69 Å². The Kier molecular flexibility index (Phi) is 8.22. The van der Waals surface area contributed by atoms with E-state index in [9.17, 15) is 18.0 Å². The molecular weight excluding hydrogens is 344 g/mol. The SMILES string of the molecule is CCOC(=O)c1cc(NC(=O)C(C)CN)cc(S(C)(=O)=O)c1.Cl. The highest BCUT2D eigenvalue weighted by atomic mass is 35.5. The Balaban J connectivity index is 0.00000484. The van der Waals surface area contributed by atoms with Gasteiger partial charge in [-0.15, -0.1) is 12.4 Å². The number of hydrogen-bond donors (Lipinski definition) is 2. The third kappa shape index (κ3) is 6.17. The molecule has 0 fully saturated rings. The topological polar surface area (TPSA) is 116 Å². The van der Waals surface area contributed by atoms with Crippen molar-refractivity contribution in [3.8, 4) is 0 Å². The van der Waals surface area contributed by atoms with E-state index in [2.05, 4.69) is 5.32 Å². The molecule has 0 aliphatic heterocycles. The van der Waals surface area contributed by atoms with Crippen molar-refractivity contribution in [2.24, 2.45) is 11.7 Å². The number of benzene rings is 1. The number of esters is 1. The minimum Gasteiger partial charge on any atom is -0.462 e. The van der Waals surface area contributed by atoms with Crippen molar-refractivity contribution in [1.82, 2.24) is 0 Å². The second-order valence-corrected chi connectivity index (χ2v) is 6.88. The van der Waals surface area contributed by atoms with Gasteiger partial charge in [-0.25, -0.2) is 13.2 Å². The van der Waals surface area contributed by atoms with E-state index in [1.165, 1.54) is 18.2 Å². The first kappa shape index (κ1) is 21.4. The standard InChI is InChI=1S/C14H20N2O5S.ClH/c1-4-21-14(18)10-5-11(16-13(17)9(2)8-15)7-12(6-10)22(3,19)20;/h5-7,9H,4,8,15H2,1-3H3,(H,16,17);1H. The first-order valence-corrected chi connectivity index (χ1v) is 8.61. The Labute approximate surface area is 141 Å². The molecule has 7 nitrogen and oxygen atoms in total. The zero-order valence-electron chi connectivity index (χ0n) is 13.2. The first-order valence-electron chi connectivity index (χ1n) is 6.72. The van der Waals surface area contributed by atoms with Gasteiger partial charge >= 0.3 is 5.97 Å². The zero-order valence-corrected chi connectivity index (χ0v) is 14.8. The highest BCUT2D eigenvalue weighted by molar-refractivity contribution is 7.90. The normalized spacial score (nSPS) is 12.0. The van der Waals surface area contributed by atoms with Gasteiger partial charge in [0.25, 0.3) is 0 Å². The molecule has 1 unspecified atom stereocenters. The van der Waals surface area contributed by atoms with E-state index in [4.69, 9.17) is 10.5 Å². The number of carbonyl (C=O) groups excluding carboxylic acids is 2. The summed E-state index contributed by atoms with van der Waals surface area (Å²) >= 11 is 0. The lowest BCUT2D eigenvalue weighted by Gasteiger charge is -2.12. The van der Waals surface area contributed by atoms with Crippen LogP contribution in [0.3, 0.4) is 0 Å². The van der Waals surface area contributed by atoms with Crippen LogP contribution in [-0.2, 0) is 19.4 Å². The van der Waals surface area contributed by atoms with E-state index in [-0.39, 0.29) is 47.6 Å². The van der Waals surface area contributed by atoms with Crippen LogP contribution in [-0.4, -0.2) is 39.7 Å². The molecule has 0 bridgehead atoms. The van der Waals surface area contributed by atoms with Crippen molar-refractivity contribution in [2.45, 2.75) is 18.7 Å². The van der Waals surface area contributed by atoms with Crippen molar-refractivity contribution in [1.29, 1.82) is 0 Å². The second kappa shape index (κ2) is 8.85. The van der Waals surface area contributed by atoms with Crippen molar-refractivity contribution in [3.05, 3.63) is 23.8 Å². The fraction of sp³-hybridized carbons (Fsp3) is 0.429. The molecule has 23 heavy (non-hydrogen) atoms. The van der Waals surface area contributed by atoms with Gasteiger partial charge in [-0.3, -0.25) is 4.79 Å². The Morgan fingerprint density at radius 1 is 1.30 bits per heavy atom. The summed E-state index contributed by atoms with van der Waals surface area (Å²) in [4.78, 5) is 23.6. The number of sulfone groups is 1. The predicted molar refractivity (Wildman–Crippen MR) is 89.6 cm³/mol. The zero-order chi connectivity index (χ0) is 16.9. The highest BCUT2D eigenvalue weighted by Crippen LogP contribution is 2.20. The van der Waals surface area contributed by atoms with E-state index >= 15 is 0 Å². The summed E-state index contributed by atoms with van der Waals surface area (Å²) in [6, 6.07) is 3.88. The van der Waals surface area contributed by atoms with Crippen LogP contribution in [0.2, 0.25) is 0 Å². The van der Waals surface area contributed by atoms with E-state index in [0.717, 1.165) is 6.26 Å². The molecule has 0 saturated heterocycles. The van der Waals surface area contributed by atoms with Crippen molar-refractivity contribution in [2.75, 3.05) is 24.7 Å². The number of amides is 1. The Hall–Kier alpha value is -1.64.